The molecule has 0 saturated carbocycles. The molecular formula is C14H15N3. The van der Waals surface area contributed by atoms with E-state index in [0.717, 1.165) is 11.4 Å². The lowest BCUT2D eigenvalue weighted by Crippen LogP contribution is -2.17. The van der Waals surface area contributed by atoms with Crippen LogP contribution < -0.4 is 0 Å². The van der Waals surface area contributed by atoms with E-state index in [-0.39, 0.29) is 5.41 Å². The van der Waals surface area contributed by atoms with Crippen LogP contribution in [0.15, 0.2) is 36.5 Å². The van der Waals surface area contributed by atoms with Gasteiger partial charge in [-0.3, -0.25) is 0 Å². The largest absolute Gasteiger partial charge is 0.249 e. The Kier molecular flexibility index (Phi) is 2.72. The van der Waals surface area contributed by atoms with E-state index in [9.17, 15) is 0 Å². The third-order valence-electron chi connectivity index (χ3n) is 2.58. The summed E-state index contributed by atoms with van der Waals surface area (Å²) in [6.07, 6.45) is 1.64. The van der Waals surface area contributed by atoms with Gasteiger partial charge in [0, 0.05) is 0 Å². The summed E-state index contributed by atoms with van der Waals surface area (Å²) in [7, 11) is 0. The van der Waals surface area contributed by atoms with E-state index in [2.05, 4.69) is 30.7 Å². The summed E-state index contributed by atoms with van der Waals surface area (Å²) in [6, 6.07) is 9.91. The summed E-state index contributed by atoms with van der Waals surface area (Å²) >= 11 is 0. The summed E-state index contributed by atoms with van der Waals surface area (Å²) in [5.41, 5.74) is 2.47. The molecule has 3 heteroatoms. The summed E-state index contributed by atoms with van der Waals surface area (Å²) in [5, 5.41) is 4.33. The maximum absolute atomic E-state index is 7.21. The van der Waals surface area contributed by atoms with Crippen molar-refractivity contribution in [3.05, 3.63) is 53.6 Å². The molecule has 0 radical (unpaired) electrons. The number of aromatic nitrogens is 2. The monoisotopic (exact) mass is 225 g/mol. The molecule has 0 saturated heterocycles. The van der Waals surface area contributed by atoms with Crippen LogP contribution in [0.1, 0.15) is 26.5 Å². The van der Waals surface area contributed by atoms with Gasteiger partial charge in [0.15, 0.2) is 0 Å². The minimum atomic E-state index is -0.105. The van der Waals surface area contributed by atoms with Crippen LogP contribution in [0.3, 0.4) is 0 Å². The maximum atomic E-state index is 7.21. The molecule has 3 nitrogen and oxygen atoms in total. The first-order chi connectivity index (χ1) is 8.04. The predicted octanol–water partition coefficient (Wildman–Crippen LogP) is 3.72. The van der Waals surface area contributed by atoms with Gasteiger partial charge < -0.3 is 0 Å². The lowest BCUT2D eigenvalue weighted by Gasteiger charge is -2.21. The van der Waals surface area contributed by atoms with Crippen molar-refractivity contribution in [3.8, 4) is 5.69 Å². The summed E-state index contributed by atoms with van der Waals surface area (Å²) < 4.78 is 1.85. The highest BCUT2D eigenvalue weighted by Gasteiger charge is 2.24. The molecule has 0 fully saturated rings. The van der Waals surface area contributed by atoms with Crippen molar-refractivity contribution in [3.63, 3.8) is 0 Å². The van der Waals surface area contributed by atoms with Crippen molar-refractivity contribution < 1.29 is 0 Å². The van der Waals surface area contributed by atoms with Crippen LogP contribution in [-0.4, -0.2) is 9.78 Å². The number of para-hydroxylation sites is 1. The molecule has 0 N–H and O–H groups in total. The van der Waals surface area contributed by atoms with Crippen LogP contribution in [-0.2, 0) is 5.41 Å². The van der Waals surface area contributed by atoms with Gasteiger partial charge in [0.2, 0.25) is 5.69 Å². The summed E-state index contributed by atoms with van der Waals surface area (Å²) in [4.78, 5) is 3.55. The van der Waals surface area contributed by atoms with Crippen molar-refractivity contribution in [2.45, 2.75) is 26.2 Å². The molecule has 0 atom stereocenters. The Hall–Kier alpha value is -2.08. The minimum Gasteiger partial charge on any atom is -0.249 e. The van der Waals surface area contributed by atoms with Crippen LogP contribution in [0.25, 0.3) is 10.5 Å². The Labute approximate surface area is 102 Å². The number of nitrogens with zero attached hydrogens (tertiary/aromatic N) is 3. The van der Waals surface area contributed by atoms with E-state index in [1.165, 1.54) is 0 Å². The van der Waals surface area contributed by atoms with Gasteiger partial charge in [0.1, 0.15) is 0 Å². The zero-order chi connectivity index (χ0) is 12.5. The molecular weight excluding hydrogens is 210 g/mol. The first-order valence-corrected chi connectivity index (χ1v) is 5.55. The molecule has 0 aliphatic carbocycles. The molecule has 1 aromatic carbocycles. The van der Waals surface area contributed by atoms with E-state index in [4.69, 9.17) is 6.57 Å². The van der Waals surface area contributed by atoms with Gasteiger partial charge in [-0.2, -0.15) is 5.10 Å². The highest BCUT2D eigenvalue weighted by Crippen LogP contribution is 2.33. The van der Waals surface area contributed by atoms with Gasteiger partial charge in [-0.1, -0.05) is 39.0 Å². The van der Waals surface area contributed by atoms with Gasteiger partial charge in [0.05, 0.1) is 24.2 Å². The topological polar surface area (TPSA) is 22.2 Å². The molecule has 1 aromatic heterocycles. The smallest absolute Gasteiger partial charge is 0.228 e. The van der Waals surface area contributed by atoms with Gasteiger partial charge >= 0.3 is 0 Å². The Morgan fingerprint density at radius 1 is 1.18 bits per heavy atom. The fraction of sp³-hybridized carbons (Fsp3) is 0.286. The molecule has 86 valence electrons. The Bertz CT molecular complexity index is 553. The van der Waals surface area contributed by atoms with Crippen molar-refractivity contribution >= 4 is 5.69 Å². The van der Waals surface area contributed by atoms with Crippen LogP contribution in [0.5, 0.6) is 0 Å². The zero-order valence-corrected chi connectivity index (χ0v) is 10.3. The fourth-order valence-corrected chi connectivity index (χ4v) is 1.89. The Morgan fingerprint density at radius 2 is 1.82 bits per heavy atom. The predicted molar refractivity (Wildman–Crippen MR) is 68.5 cm³/mol. The first kappa shape index (κ1) is 11.4. The zero-order valence-electron chi connectivity index (χ0n) is 10.3. The average Bonchev–Trinajstić information content (AvgIpc) is 2.73. The SMILES string of the molecule is [C-]#[N+]c1cnn(-c2ccccc2)c1C(C)(C)C. The molecule has 1 heterocycles. The summed E-state index contributed by atoms with van der Waals surface area (Å²) in [6.45, 7) is 13.5. The van der Waals surface area contributed by atoms with Gasteiger partial charge in [-0.05, 0) is 17.5 Å². The van der Waals surface area contributed by atoms with Crippen LogP contribution in [0, 0.1) is 6.57 Å². The van der Waals surface area contributed by atoms with Crippen LogP contribution >= 0.6 is 0 Å². The lowest BCUT2D eigenvalue weighted by molar-refractivity contribution is 0.546. The second-order valence-electron chi connectivity index (χ2n) is 4.99. The second kappa shape index (κ2) is 4.06. The second-order valence-corrected chi connectivity index (χ2v) is 4.99. The molecule has 0 aliphatic rings. The fourth-order valence-electron chi connectivity index (χ4n) is 1.89. The van der Waals surface area contributed by atoms with Crippen molar-refractivity contribution in [2.75, 3.05) is 0 Å². The minimum absolute atomic E-state index is 0.105. The molecule has 2 rings (SSSR count). The van der Waals surface area contributed by atoms with Crippen molar-refractivity contribution in [2.24, 2.45) is 0 Å². The number of benzene rings is 1. The third-order valence-corrected chi connectivity index (χ3v) is 2.58. The van der Waals surface area contributed by atoms with Crippen molar-refractivity contribution in [1.29, 1.82) is 0 Å². The highest BCUT2D eigenvalue weighted by molar-refractivity contribution is 5.53. The Balaban J connectivity index is 2.65. The van der Waals surface area contributed by atoms with Crippen molar-refractivity contribution in [1.82, 2.24) is 9.78 Å². The van der Waals surface area contributed by atoms with Crippen LogP contribution in [0.4, 0.5) is 5.69 Å². The summed E-state index contributed by atoms with van der Waals surface area (Å²) in [5.74, 6) is 0. The van der Waals surface area contributed by atoms with E-state index in [0.29, 0.717) is 5.69 Å². The van der Waals surface area contributed by atoms with E-state index >= 15 is 0 Å². The number of rotatable bonds is 1. The number of hydrogen-bond acceptors (Lipinski definition) is 1. The van der Waals surface area contributed by atoms with E-state index < -0.39 is 0 Å². The van der Waals surface area contributed by atoms with Gasteiger partial charge in [-0.15, -0.1) is 0 Å². The van der Waals surface area contributed by atoms with E-state index in [1.807, 2.05) is 35.0 Å². The standard InChI is InChI=1S/C14H15N3/c1-14(2,3)13-12(15-4)10-16-17(13)11-8-6-5-7-9-11/h5-10H,1-3H3. The molecule has 17 heavy (non-hydrogen) atoms. The highest BCUT2D eigenvalue weighted by atomic mass is 15.3. The molecule has 2 aromatic rings. The first-order valence-electron chi connectivity index (χ1n) is 5.55. The Morgan fingerprint density at radius 3 is 2.35 bits per heavy atom. The third kappa shape index (κ3) is 2.07. The lowest BCUT2D eigenvalue weighted by atomic mass is 9.91. The van der Waals surface area contributed by atoms with E-state index in [1.54, 1.807) is 6.20 Å². The molecule has 0 unspecified atom stereocenters. The van der Waals surface area contributed by atoms with Gasteiger partial charge in [0.25, 0.3) is 0 Å². The molecule has 0 spiro atoms. The van der Waals surface area contributed by atoms with Crippen LogP contribution in [0.2, 0.25) is 0 Å². The molecule has 0 amide bonds. The normalized spacial score (nSPS) is 11.2. The van der Waals surface area contributed by atoms with Gasteiger partial charge in [-0.25, -0.2) is 9.53 Å². The number of hydrogen-bond donors (Lipinski definition) is 0. The quantitative estimate of drug-likeness (QED) is 0.678. The molecule has 0 bridgehead atoms. The molecule has 0 aliphatic heterocycles. The maximum Gasteiger partial charge on any atom is 0.228 e. The average molecular weight is 225 g/mol.